The number of hydrogen-bond acceptors (Lipinski definition) is 3. The number of piperidine rings is 1. The second-order valence-electron chi connectivity index (χ2n) is 9.63. The van der Waals surface area contributed by atoms with E-state index in [4.69, 9.17) is 4.74 Å². The maximum absolute atomic E-state index is 13.4. The highest BCUT2D eigenvalue weighted by Gasteiger charge is 2.52. The van der Waals surface area contributed by atoms with E-state index in [1.165, 1.54) is 12.0 Å². The van der Waals surface area contributed by atoms with Crippen molar-refractivity contribution in [2.24, 2.45) is 0 Å². The third-order valence-electron chi connectivity index (χ3n) is 7.16. The predicted molar refractivity (Wildman–Crippen MR) is 127 cm³/mol. The van der Waals surface area contributed by atoms with Crippen molar-refractivity contribution in [1.82, 2.24) is 9.80 Å². The summed E-state index contributed by atoms with van der Waals surface area (Å²) < 4.78 is 84.9. The Morgan fingerprint density at radius 3 is 2.08 bits per heavy atom. The maximum atomic E-state index is 13.4. The lowest BCUT2D eigenvalue weighted by atomic mass is 9.85. The first-order valence-corrected chi connectivity index (χ1v) is 12.0. The molecule has 12 heteroatoms. The van der Waals surface area contributed by atoms with Crippen molar-refractivity contribution in [3.63, 3.8) is 0 Å². The molecular weight excluding hydrogens is 516 g/mol. The van der Waals surface area contributed by atoms with Gasteiger partial charge in [-0.2, -0.15) is 26.3 Å². The molecule has 2 heterocycles. The van der Waals surface area contributed by atoms with Gasteiger partial charge in [-0.05, 0) is 49.6 Å². The van der Waals surface area contributed by atoms with Crippen LogP contribution in [0.5, 0.6) is 0 Å². The van der Waals surface area contributed by atoms with Gasteiger partial charge in [0, 0.05) is 44.5 Å². The molecule has 0 aromatic heterocycles. The molecule has 0 unspecified atom stereocenters. The topological polar surface area (TPSA) is 53.1 Å². The van der Waals surface area contributed by atoms with Crippen molar-refractivity contribution >= 4 is 17.6 Å². The van der Waals surface area contributed by atoms with Gasteiger partial charge in [-0.3, -0.25) is 9.69 Å². The van der Waals surface area contributed by atoms with Crippen LogP contribution in [0.25, 0.3) is 0 Å². The molecular formula is C26H27F6N3O3. The van der Waals surface area contributed by atoms with E-state index in [9.17, 15) is 35.9 Å². The Kier molecular flexibility index (Phi) is 7.39. The average Bonchev–Trinajstić information content (AvgIpc) is 3.12. The number of hydrogen-bond donors (Lipinski definition) is 0. The normalized spacial score (nSPS) is 18.0. The van der Waals surface area contributed by atoms with Gasteiger partial charge in [0.05, 0.1) is 23.3 Å². The van der Waals surface area contributed by atoms with Gasteiger partial charge in [0.1, 0.15) is 0 Å². The smallest absolute Gasteiger partial charge is 0.383 e. The van der Waals surface area contributed by atoms with Crippen LogP contribution >= 0.6 is 0 Å². The number of amides is 3. The molecule has 0 saturated carbocycles. The number of carbonyl (C=O) groups excluding carboxylic acids is 2. The monoisotopic (exact) mass is 543 g/mol. The third kappa shape index (κ3) is 5.31. The van der Waals surface area contributed by atoms with Crippen LogP contribution in [0.1, 0.15) is 39.9 Å². The Bertz CT molecular complexity index is 1170. The molecule has 0 radical (unpaired) electrons. The van der Waals surface area contributed by atoms with Gasteiger partial charge in [-0.25, -0.2) is 4.79 Å². The molecule has 206 valence electrons. The zero-order valence-corrected chi connectivity index (χ0v) is 20.8. The minimum absolute atomic E-state index is 0.000784. The van der Waals surface area contributed by atoms with Crippen LogP contribution in [-0.2, 0) is 17.1 Å². The van der Waals surface area contributed by atoms with E-state index in [1.54, 1.807) is 9.80 Å². The predicted octanol–water partition coefficient (Wildman–Crippen LogP) is 5.60. The number of nitrogens with zero attached hydrogens (tertiary/aromatic N) is 3. The fraction of sp³-hybridized carbons (Fsp3) is 0.462. The Balaban J connectivity index is 1.61. The Labute approximate surface area is 215 Å². The fourth-order valence-electron chi connectivity index (χ4n) is 5.16. The number of ether oxygens (including phenoxy) is 1. The maximum Gasteiger partial charge on any atom is 0.416 e. The first kappa shape index (κ1) is 27.7. The quantitative estimate of drug-likeness (QED) is 0.462. The number of rotatable bonds is 5. The molecule has 0 atom stereocenters. The van der Waals surface area contributed by atoms with Crippen LogP contribution in [0.4, 0.5) is 36.8 Å². The minimum atomic E-state index is -5.05. The van der Waals surface area contributed by atoms with Gasteiger partial charge in [-0.15, -0.1) is 0 Å². The van der Waals surface area contributed by atoms with Gasteiger partial charge in [-0.1, -0.05) is 18.2 Å². The van der Waals surface area contributed by atoms with Crippen LogP contribution in [-0.4, -0.2) is 67.2 Å². The van der Waals surface area contributed by atoms with Crippen LogP contribution in [0, 0.1) is 6.92 Å². The van der Waals surface area contributed by atoms with Crippen LogP contribution in [0.15, 0.2) is 42.5 Å². The zero-order chi connectivity index (χ0) is 27.9. The second kappa shape index (κ2) is 10.1. The molecule has 0 aliphatic carbocycles. The number of alkyl halides is 6. The van der Waals surface area contributed by atoms with Crippen molar-refractivity contribution < 1.29 is 40.7 Å². The van der Waals surface area contributed by atoms with E-state index in [-0.39, 0.29) is 25.2 Å². The molecule has 0 bridgehead atoms. The Hall–Kier alpha value is -3.28. The van der Waals surface area contributed by atoms with E-state index in [0.29, 0.717) is 50.4 Å². The summed E-state index contributed by atoms with van der Waals surface area (Å²) in [5.41, 5.74) is -2.86. The number of urea groups is 1. The lowest BCUT2D eigenvalue weighted by molar-refractivity contribution is -0.143. The van der Waals surface area contributed by atoms with Gasteiger partial charge >= 0.3 is 18.4 Å². The molecule has 2 aliphatic rings. The lowest BCUT2D eigenvalue weighted by Crippen LogP contribution is -2.56. The minimum Gasteiger partial charge on any atom is -0.383 e. The van der Waals surface area contributed by atoms with Crippen LogP contribution in [0.3, 0.4) is 0 Å². The molecule has 6 nitrogen and oxygen atoms in total. The van der Waals surface area contributed by atoms with Crippen molar-refractivity contribution in [3.05, 3.63) is 64.7 Å². The molecule has 2 aliphatic heterocycles. The van der Waals surface area contributed by atoms with Crippen LogP contribution < -0.4 is 4.90 Å². The van der Waals surface area contributed by atoms with Gasteiger partial charge in [0.2, 0.25) is 0 Å². The first-order chi connectivity index (χ1) is 17.8. The third-order valence-corrected chi connectivity index (χ3v) is 7.16. The standard InChI is InChI=1S/C26H27F6N3O3/c1-17-5-3-4-6-21(17)35-23(37)34(11-12-38-2)16-24(35)7-9-33(10-8-24)22(36)18-13-19(25(27,28)29)15-20(14-18)26(30,31)32/h3-6,13-15H,7-12,16H2,1-2H3. The van der Waals surface area contributed by atoms with Crippen molar-refractivity contribution in [2.75, 3.05) is 44.8 Å². The summed E-state index contributed by atoms with van der Waals surface area (Å²) in [6.45, 7) is 3.03. The van der Waals surface area contributed by atoms with Crippen molar-refractivity contribution in [2.45, 2.75) is 37.7 Å². The van der Waals surface area contributed by atoms with E-state index < -0.39 is 40.5 Å². The molecule has 0 N–H and O–H groups in total. The fourth-order valence-corrected chi connectivity index (χ4v) is 5.16. The van der Waals surface area contributed by atoms with Crippen molar-refractivity contribution in [3.8, 4) is 0 Å². The van der Waals surface area contributed by atoms with Gasteiger partial charge in [0.25, 0.3) is 5.91 Å². The molecule has 4 rings (SSSR count). The Morgan fingerprint density at radius 2 is 1.55 bits per heavy atom. The summed E-state index contributed by atoms with van der Waals surface area (Å²) >= 11 is 0. The van der Waals surface area contributed by atoms with E-state index in [2.05, 4.69) is 0 Å². The summed E-state index contributed by atoms with van der Waals surface area (Å²) in [7, 11) is 1.53. The summed E-state index contributed by atoms with van der Waals surface area (Å²) in [4.78, 5) is 31.2. The number of benzene rings is 2. The number of halogens is 6. The van der Waals surface area contributed by atoms with E-state index in [1.807, 2.05) is 31.2 Å². The van der Waals surface area contributed by atoms with Crippen LogP contribution in [0.2, 0.25) is 0 Å². The molecule has 2 saturated heterocycles. The highest BCUT2D eigenvalue weighted by atomic mass is 19.4. The lowest BCUT2D eigenvalue weighted by Gasteiger charge is -2.44. The number of carbonyl (C=O) groups is 2. The Morgan fingerprint density at radius 1 is 0.974 bits per heavy atom. The summed E-state index contributed by atoms with van der Waals surface area (Å²) in [6, 6.07) is 8.04. The highest BCUT2D eigenvalue weighted by Crippen LogP contribution is 2.41. The second-order valence-corrected chi connectivity index (χ2v) is 9.63. The van der Waals surface area contributed by atoms with Gasteiger partial charge < -0.3 is 14.5 Å². The number of likely N-dealkylation sites (tertiary alicyclic amines) is 1. The summed E-state index contributed by atoms with van der Waals surface area (Å²) in [5, 5.41) is 0. The highest BCUT2D eigenvalue weighted by molar-refractivity contribution is 5.98. The first-order valence-electron chi connectivity index (χ1n) is 12.0. The van der Waals surface area contributed by atoms with E-state index >= 15 is 0 Å². The van der Waals surface area contributed by atoms with E-state index in [0.717, 1.165) is 5.56 Å². The van der Waals surface area contributed by atoms with Gasteiger partial charge in [0.15, 0.2) is 0 Å². The average molecular weight is 544 g/mol. The number of methoxy groups -OCH3 is 1. The molecule has 2 aromatic carbocycles. The zero-order valence-electron chi connectivity index (χ0n) is 20.8. The molecule has 2 fully saturated rings. The molecule has 2 aromatic rings. The SMILES string of the molecule is COCCN1CC2(CCN(C(=O)c3cc(C(F)(F)F)cc(C(F)(F)F)c3)CC2)N(c2ccccc2C)C1=O. The summed E-state index contributed by atoms with van der Waals surface area (Å²) in [6.07, 6.45) is -9.50. The molecule has 1 spiro atoms. The largest absolute Gasteiger partial charge is 0.416 e. The number of aryl methyl sites for hydroxylation is 1. The van der Waals surface area contributed by atoms with Crippen molar-refractivity contribution in [1.29, 1.82) is 0 Å². The number of para-hydroxylation sites is 1. The molecule has 38 heavy (non-hydrogen) atoms. The number of anilines is 1. The summed E-state index contributed by atoms with van der Waals surface area (Å²) in [5.74, 6) is -0.917. The molecule has 3 amide bonds.